The number of imidazole rings is 1. The molecule has 1 aromatic rings. The monoisotopic (exact) mass is 300 g/mol. The third-order valence-electron chi connectivity index (χ3n) is 1.68. The van der Waals surface area contributed by atoms with Crippen molar-refractivity contribution in [1.29, 1.82) is 0 Å². The van der Waals surface area contributed by atoms with E-state index in [0.29, 0.717) is 0 Å². The van der Waals surface area contributed by atoms with Gasteiger partial charge in [0.25, 0.3) is 0 Å². The van der Waals surface area contributed by atoms with E-state index in [1.807, 2.05) is 34.9 Å². The van der Waals surface area contributed by atoms with Crippen LogP contribution >= 0.6 is 7.81 Å². The Balaban J connectivity index is 0.000000360. The van der Waals surface area contributed by atoms with Gasteiger partial charge in [-0.05, 0) is 6.42 Å². The molecule has 1 rings (SSSR count). The van der Waals surface area contributed by atoms with E-state index in [1.54, 1.807) is 0 Å². The second-order valence-electron chi connectivity index (χ2n) is 3.75. The van der Waals surface area contributed by atoms with Gasteiger partial charge in [0.15, 0.2) is 6.23 Å². The van der Waals surface area contributed by atoms with Gasteiger partial charge in [-0.15, -0.1) is 0 Å². The van der Waals surface area contributed by atoms with Gasteiger partial charge in [-0.2, -0.15) is 0 Å². The van der Waals surface area contributed by atoms with Crippen LogP contribution in [0.25, 0.3) is 0 Å². The van der Waals surface area contributed by atoms with Crippen LogP contribution in [0.15, 0.2) is 18.7 Å². The standard InChI is InChI=1S/C8H15N2O.F6P/c1-3-4-8(11)10-6-5-9(2)7-10;1-7(2,3,4,5)6/h5-8,11H,3-4H2,1-2H3;/q+1;-1. The Morgan fingerprint density at radius 1 is 1.22 bits per heavy atom. The molecule has 110 valence electrons. The van der Waals surface area contributed by atoms with Crippen molar-refractivity contribution in [1.82, 2.24) is 4.57 Å². The summed E-state index contributed by atoms with van der Waals surface area (Å²) in [7, 11) is -8.72. The summed E-state index contributed by atoms with van der Waals surface area (Å²) in [5, 5.41) is 9.48. The van der Waals surface area contributed by atoms with Crippen molar-refractivity contribution in [2.24, 2.45) is 7.05 Å². The van der Waals surface area contributed by atoms with Crippen LogP contribution in [0.2, 0.25) is 0 Å². The molecule has 0 amide bonds. The number of rotatable bonds is 3. The van der Waals surface area contributed by atoms with Crippen molar-refractivity contribution in [3.63, 3.8) is 0 Å². The van der Waals surface area contributed by atoms with Gasteiger partial charge in [-0.1, -0.05) is 6.92 Å². The van der Waals surface area contributed by atoms with Crippen LogP contribution in [0.5, 0.6) is 0 Å². The molecule has 1 atom stereocenters. The van der Waals surface area contributed by atoms with Crippen LogP contribution in [-0.2, 0) is 7.05 Å². The summed E-state index contributed by atoms with van der Waals surface area (Å²) < 4.78 is 62.9. The molecule has 1 heterocycles. The second kappa shape index (κ2) is 4.70. The first-order valence-electron chi connectivity index (χ1n) is 4.96. The van der Waals surface area contributed by atoms with Gasteiger partial charge in [-0.3, -0.25) is 0 Å². The maximum absolute atomic E-state index is 10.7. The Hall–Kier alpha value is -0.820. The summed E-state index contributed by atoms with van der Waals surface area (Å²) in [6.45, 7) is 2.06. The normalized spacial score (nSPS) is 17.2. The molecule has 18 heavy (non-hydrogen) atoms. The zero-order valence-corrected chi connectivity index (χ0v) is 10.7. The number of aromatic nitrogens is 2. The molecule has 0 saturated carbocycles. The fraction of sp³-hybridized carbons (Fsp3) is 0.625. The van der Waals surface area contributed by atoms with Crippen LogP contribution in [0.4, 0.5) is 25.2 Å². The molecule has 10 heteroatoms. The fourth-order valence-electron chi connectivity index (χ4n) is 1.05. The molecule has 0 radical (unpaired) electrons. The Morgan fingerprint density at radius 3 is 1.94 bits per heavy atom. The quantitative estimate of drug-likeness (QED) is 0.510. The van der Waals surface area contributed by atoms with Crippen LogP contribution < -0.4 is 4.57 Å². The Labute approximate surface area is 99.9 Å². The summed E-state index contributed by atoms with van der Waals surface area (Å²) in [5.74, 6) is 0. The number of aliphatic hydroxyl groups excluding tert-OH is 1. The number of halogens is 6. The molecule has 0 bridgehead atoms. The van der Waals surface area contributed by atoms with Gasteiger partial charge in [0, 0.05) is 6.42 Å². The molecule has 1 unspecified atom stereocenters. The fourth-order valence-corrected chi connectivity index (χ4v) is 1.05. The first-order chi connectivity index (χ1) is 7.69. The number of aliphatic hydroxyl groups is 1. The predicted molar refractivity (Wildman–Crippen MR) is 55.3 cm³/mol. The summed E-state index contributed by atoms with van der Waals surface area (Å²) >= 11 is 0. The van der Waals surface area contributed by atoms with E-state index in [1.165, 1.54) is 0 Å². The third-order valence-corrected chi connectivity index (χ3v) is 1.68. The topological polar surface area (TPSA) is 29.0 Å². The van der Waals surface area contributed by atoms with E-state index in [-0.39, 0.29) is 6.23 Å². The second-order valence-corrected chi connectivity index (χ2v) is 5.67. The van der Waals surface area contributed by atoms with Crippen molar-refractivity contribution in [2.75, 3.05) is 0 Å². The Morgan fingerprint density at radius 2 is 1.67 bits per heavy atom. The Kier molecular flexibility index (Phi) is 4.48. The van der Waals surface area contributed by atoms with Gasteiger partial charge in [0.1, 0.15) is 12.4 Å². The van der Waals surface area contributed by atoms with Crippen LogP contribution in [0.3, 0.4) is 0 Å². The van der Waals surface area contributed by atoms with Crippen molar-refractivity contribution < 1.29 is 34.9 Å². The average molecular weight is 300 g/mol. The molecule has 0 saturated heterocycles. The van der Waals surface area contributed by atoms with E-state index in [2.05, 4.69) is 6.92 Å². The number of hydrogen-bond donors (Lipinski definition) is 1. The van der Waals surface area contributed by atoms with Crippen molar-refractivity contribution in [3.8, 4) is 0 Å². The first-order valence-corrected chi connectivity index (χ1v) is 6.99. The Bertz CT molecular complexity index is 375. The molecule has 0 aliphatic rings. The third kappa shape index (κ3) is 13.2. The van der Waals surface area contributed by atoms with Crippen molar-refractivity contribution in [3.05, 3.63) is 18.7 Å². The van der Waals surface area contributed by atoms with Crippen molar-refractivity contribution in [2.45, 2.75) is 26.0 Å². The van der Waals surface area contributed by atoms with Gasteiger partial charge in [-0.25, -0.2) is 9.13 Å². The molecule has 0 aliphatic heterocycles. The van der Waals surface area contributed by atoms with E-state index in [0.717, 1.165) is 12.8 Å². The first kappa shape index (κ1) is 17.2. The molecular weight excluding hydrogens is 285 g/mol. The van der Waals surface area contributed by atoms with E-state index >= 15 is 0 Å². The summed E-state index contributed by atoms with van der Waals surface area (Å²) in [6.07, 6.45) is 7.12. The molecule has 1 aromatic heterocycles. The van der Waals surface area contributed by atoms with Gasteiger partial charge in [0.2, 0.25) is 6.33 Å². The molecule has 0 spiro atoms. The molecule has 0 aromatic carbocycles. The zero-order valence-electron chi connectivity index (χ0n) is 9.78. The van der Waals surface area contributed by atoms with Crippen LogP contribution in [0.1, 0.15) is 26.0 Å². The van der Waals surface area contributed by atoms with Crippen LogP contribution in [0, 0.1) is 0 Å². The van der Waals surface area contributed by atoms with E-state index in [9.17, 15) is 30.3 Å². The van der Waals surface area contributed by atoms with E-state index < -0.39 is 7.81 Å². The summed E-state index contributed by atoms with van der Waals surface area (Å²) in [6, 6.07) is 0. The predicted octanol–water partition coefficient (Wildman–Crippen LogP) is 3.99. The molecular formula is C8H15F6N2OP. The molecule has 0 fully saturated rings. The molecule has 3 nitrogen and oxygen atoms in total. The maximum atomic E-state index is 9.87. The van der Waals surface area contributed by atoms with Gasteiger partial charge < -0.3 is 5.11 Å². The van der Waals surface area contributed by atoms with Crippen molar-refractivity contribution >= 4 is 7.81 Å². The van der Waals surface area contributed by atoms with Gasteiger partial charge >= 0.3 is 33.0 Å². The minimum atomic E-state index is -10.7. The molecule has 0 aliphatic carbocycles. The average Bonchev–Trinajstić information content (AvgIpc) is 2.46. The van der Waals surface area contributed by atoms with Crippen LogP contribution in [-0.4, -0.2) is 9.67 Å². The SMILES string of the molecule is CCCC(O)n1cc[n+](C)c1.F[P-](F)(F)(F)(F)F. The van der Waals surface area contributed by atoms with E-state index in [4.69, 9.17) is 0 Å². The minimum absolute atomic E-state index is 0.360. The number of nitrogens with zero attached hydrogens (tertiary/aromatic N) is 2. The summed E-state index contributed by atoms with van der Waals surface area (Å²) in [4.78, 5) is 0. The number of hydrogen-bond acceptors (Lipinski definition) is 1. The molecule has 1 N–H and O–H groups in total. The summed E-state index contributed by atoms with van der Waals surface area (Å²) in [5.41, 5.74) is 0. The zero-order chi connectivity index (χ0) is 14.7. The number of aryl methyl sites for hydroxylation is 1. The van der Waals surface area contributed by atoms with Gasteiger partial charge in [0.05, 0.1) is 7.05 Å².